The van der Waals surface area contributed by atoms with Crippen LogP contribution in [-0.4, -0.2) is 47.1 Å². The molecule has 1 saturated heterocycles. The molecule has 0 radical (unpaired) electrons. The Morgan fingerprint density at radius 1 is 1.24 bits per heavy atom. The number of nitrogens with zero attached hydrogens (tertiary/aromatic N) is 3. The molecule has 1 aromatic heterocycles. The van der Waals surface area contributed by atoms with Crippen LogP contribution in [0.15, 0.2) is 28.8 Å². The topological polar surface area (TPSA) is 71.3 Å². The molecular formula is C16H17F3N4O2. The number of hydrogen-bond acceptors (Lipinski definition) is 5. The summed E-state index contributed by atoms with van der Waals surface area (Å²) in [6.07, 6.45) is -2.90. The zero-order valence-corrected chi connectivity index (χ0v) is 13.5. The molecule has 3 rings (SSSR count). The van der Waals surface area contributed by atoms with Crippen molar-refractivity contribution in [2.75, 3.05) is 20.1 Å². The van der Waals surface area contributed by atoms with Gasteiger partial charge in [0.2, 0.25) is 5.82 Å². The standard InChI is InChI=1S/C16H17F3N4O2/c1-20-12-6-8-23(9-7-12)14(24)11-4-2-10(3-5-11)13-21-15(25-22-13)16(17,18)19/h2-5,12,20H,6-9H2,1H3. The van der Waals surface area contributed by atoms with Crippen LogP contribution in [0.3, 0.4) is 0 Å². The van der Waals surface area contributed by atoms with Gasteiger partial charge in [-0.3, -0.25) is 4.79 Å². The summed E-state index contributed by atoms with van der Waals surface area (Å²) in [5, 5.41) is 6.53. The number of benzene rings is 1. The van der Waals surface area contributed by atoms with Crippen molar-refractivity contribution in [2.24, 2.45) is 0 Å². The molecule has 2 aromatic rings. The van der Waals surface area contributed by atoms with E-state index in [-0.39, 0.29) is 11.7 Å². The molecule has 0 aliphatic carbocycles. The van der Waals surface area contributed by atoms with Crippen LogP contribution in [0.5, 0.6) is 0 Å². The first-order valence-corrected chi connectivity index (χ1v) is 7.86. The number of piperidine rings is 1. The van der Waals surface area contributed by atoms with Gasteiger partial charge >= 0.3 is 12.1 Å². The number of carbonyl (C=O) groups is 1. The zero-order valence-electron chi connectivity index (χ0n) is 13.5. The van der Waals surface area contributed by atoms with E-state index in [1.54, 1.807) is 17.0 Å². The average Bonchev–Trinajstić information content (AvgIpc) is 3.12. The van der Waals surface area contributed by atoms with Gasteiger partial charge in [0.25, 0.3) is 5.91 Å². The van der Waals surface area contributed by atoms with Crippen LogP contribution in [0.4, 0.5) is 13.2 Å². The molecule has 6 nitrogen and oxygen atoms in total. The Balaban J connectivity index is 1.70. The van der Waals surface area contributed by atoms with E-state index in [0.717, 1.165) is 12.8 Å². The second-order valence-corrected chi connectivity index (χ2v) is 5.85. The largest absolute Gasteiger partial charge is 0.471 e. The number of hydrogen-bond donors (Lipinski definition) is 1. The van der Waals surface area contributed by atoms with Crippen molar-refractivity contribution in [1.82, 2.24) is 20.4 Å². The fourth-order valence-corrected chi connectivity index (χ4v) is 2.77. The van der Waals surface area contributed by atoms with Gasteiger partial charge in [-0.25, -0.2) is 0 Å². The molecule has 0 spiro atoms. The smallest absolute Gasteiger partial charge is 0.339 e. The second kappa shape index (κ2) is 6.83. The average molecular weight is 354 g/mol. The first-order valence-electron chi connectivity index (χ1n) is 7.86. The normalized spacial score (nSPS) is 16.2. The van der Waals surface area contributed by atoms with Crippen molar-refractivity contribution < 1.29 is 22.5 Å². The Hall–Kier alpha value is -2.42. The van der Waals surface area contributed by atoms with Crippen LogP contribution in [-0.2, 0) is 6.18 Å². The van der Waals surface area contributed by atoms with Gasteiger partial charge in [-0.15, -0.1) is 0 Å². The van der Waals surface area contributed by atoms with Crippen molar-refractivity contribution in [1.29, 1.82) is 0 Å². The number of alkyl halides is 3. The Bertz CT molecular complexity index is 735. The first kappa shape index (κ1) is 17.4. The maximum absolute atomic E-state index is 12.5. The molecule has 0 atom stereocenters. The molecule has 1 N–H and O–H groups in total. The molecule has 1 aliphatic rings. The fraction of sp³-hybridized carbons (Fsp3) is 0.438. The van der Waals surface area contributed by atoms with Crippen LogP contribution < -0.4 is 5.32 Å². The summed E-state index contributed by atoms with van der Waals surface area (Å²) in [6, 6.07) is 6.57. The lowest BCUT2D eigenvalue weighted by Gasteiger charge is -2.31. The minimum Gasteiger partial charge on any atom is -0.339 e. The fourth-order valence-electron chi connectivity index (χ4n) is 2.77. The van der Waals surface area contributed by atoms with E-state index in [4.69, 9.17) is 0 Å². The van der Waals surface area contributed by atoms with Gasteiger partial charge in [-0.2, -0.15) is 18.2 Å². The predicted molar refractivity (Wildman–Crippen MR) is 82.7 cm³/mol. The molecule has 1 aliphatic heterocycles. The molecule has 1 aromatic carbocycles. The van der Waals surface area contributed by atoms with Crippen molar-refractivity contribution >= 4 is 5.91 Å². The van der Waals surface area contributed by atoms with E-state index in [9.17, 15) is 18.0 Å². The van der Waals surface area contributed by atoms with Crippen molar-refractivity contribution in [3.8, 4) is 11.4 Å². The van der Waals surface area contributed by atoms with Gasteiger partial charge < -0.3 is 14.7 Å². The summed E-state index contributed by atoms with van der Waals surface area (Å²) in [7, 11) is 1.91. The van der Waals surface area contributed by atoms with E-state index < -0.39 is 12.1 Å². The number of nitrogens with one attached hydrogen (secondary N) is 1. The van der Waals surface area contributed by atoms with Crippen LogP contribution >= 0.6 is 0 Å². The number of rotatable bonds is 3. The monoisotopic (exact) mass is 354 g/mol. The van der Waals surface area contributed by atoms with Crippen molar-refractivity contribution in [3.63, 3.8) is 0 Å². The lowest BCUT2D eigenvalue weighted by molar-refractivity contribution is -0.159. The molecule has 25 heavy (non-hydrogen) atoms. The minimum atomic E-state index is -4.68. The molecule has 9 heteroatoms. The Labute approximate surface area is 142 Å². The highest BCUT2D eigenvalue weighted by Crippen LogP contribution is 2.29. The lowest BCUT2D eigenvalue weighted by atomic mass is 10.0. The molecule has 134 valence electrons. The molecular weight excluding hydrogens is 337 g/mol. The quantitative estimate of drug-likeness (QED) is 0.917. The van der Waals surface area contributed by atoms with Crippen molar-refractivity contribution in [2.45, 2.75) is 25.1 Å². The summed E-state index contributed by atoms with van der Waals surface area (Å²) in [5.41, 5.74) is 0.830. The molecule has 1 fully saturated rings. The maximum atomic E-state index is 12.5. The predicted octanol–water partition coefficient (Wildman–Crippen LogP) is 2.58. The van der Waals surface area contributed by atoms with Crippen LogP contribution in [0, 0.1) is 0 Å². The third-order valence-electron chi connectivity index (χ3n) is 4.25. The zero-order chi connectivity index (χ0) is 18.0. The van der Waals surface area contributed by atoms with Crippen LogP contribution in [0.1, 0.15) is 29.1 Å². The van der Waals surface area contributed by atoms with Gasteiger partial charge in [0.1, 0.15) is 0 Å². The summed E-state index contributed by atoms with van der Waals surface area (Å²) in [4.78, 5) is 17.6. The van der Waals surface area contributed by atoms with Crippen molar-refractivity contribution in [3.05, 3.63) is 35.7 Å². The number of halogens is 3. The summed E-state index contributed by atoms with van der Waals surface area (Å²) >= 11 is 0. The van der Waals surface area contributed by atoms with Gasteiger partial charge in [0.15, 0.2) is 0 Å². The number of amides is 1. The highest BCUT2D eigenvalue weighted by atomic mass is 19.4. The molecule has 0 bridgehead atoms. The van der Waals surface area contributed by atoms with Gasteiger partial charge in [0.05, 0.1) is 0 Å². The third-order valence-corrected chi connectivity index (χ3v) is 4.25. The maximum Gasteiger partial charge on any atom is 0.471 e. The third kappa shape index (κ3) is 3.81. The summed E-state index contributed by atoms with van der Waals surface area (Å²) in [6.45, 7) is 1.34. The van der Waals surface area contributed by atoms with E-state index in [1.165, 1.54) is 12.1 Å². The van der Waals surface area contributed by atoms with Gasteiger partial charge in [-0.1, -0.05) is 17.3 Å². The molecule has 0 saturated carbocycles. The first-order chi connectivity index (χ1) is 11.9. The summed E-state index contributed by atoms with van der Waals surface area (Å²) < 4.78 is 41.7. The van der Waals surface area contributed by atoms with Crippen LogP contribution in [0.25, 0.3) is 11.4 Å². The van der Waals surface area contributed by atoms with Gasteiger partial charge in [0, 0.05) is 30.3 Å². The number of carbonyl (C=O) groups excluding carboxylic acids is 1. The lowest BCUT2D eigenvalue weighted by Crippen LogP contribution is -2.43. The van der Waals surface area contributed by atoms with E-state index in [1.807, 2.05) is 7.05 Å². The highest BCUT2D eigenvalue weighted by Gasteiger charge is 2.38. The van der Waals surface area contributed by atoms with Crippen LogP contribution in [0.2, 0.25) is 0 Å². The molecule has 0 unspecified atom stereocenters. The minimum absolute atomic E-state index is 0.0924. The molecule has 2 heterocycles. The van der Waals surface area contributed by atoms with E-state index in [0.29, 0.717) is 30.3 Å². The number of aromatic nitrogens is 2. The Morgan fingerprint density at radius 3 is 2.40 bits per heavy atom. The second-order valence-electron chi connectivity index (χ2n) is 5.85. The van der Waals surface area contributed by atoms with Gasteiger partial charge in [-0.05, 0) is 32.0 Å². The number of likely N-dealkylation sites (tertiary alicyclic amines) is 1. The highest BCUT2D eigenvalue weighted by molar-refractivity contribution is 5.94. The van der Waals surface area contributed by atoms with E-state index in [2.05, 4.69) is 20.0 Å². The molecule has 1 amide bonds. The Morgan fingerprint density at radius 2 is 1.88 bits per heavy atom. The van der Waals surface area contributed by atoms with E-state index >= 15 is 0 Å². The summed E-state index contributed by atoms with van der Waals surface area (Å²) in [5.74, 6) is -1.65. The Kier molecular flexibility index (Phi) is 4.76. The SMILES string of the molecule is CNC1CCN(C(=O)c2ccc(-c3noc(C(F)(F)F)n3)cc2)CC1.